The second-order valence-electron chi connectivity index (χ2n) is 4.26. The highest BCUT2D eigenvalue weighted by Gasteiger charge is 2.35. The minimum atomic E-state index is -0.744. The normalized spacial score (nSPS) is 27.2. The third kappa shape index (κ3) is 2.08. The molecule has 0 unspecified atom stereocenters. The van der Waals surface area contributed by atoms with Gasteiger partial charge in [0.25, 0.3) is 0 Å². The smallest absolute Gasteiger partial charge is 0.243 e. The first-order valence-electron chi connectivity index (χ1n) is 5.63. The van der Waals surface area contributed by atoms with Crippen molar-refractivity contribution in [3.05, 3.63) is 11.1 Å². The molecule has 3 N–H and O–H groups in total. The summed E-state index contributed by atoms with van der Waals surface area (Å²) in [5, 5.41) is 28.5. The van der Waals surface area contributed by atoms with E-state index in [1.54, 1.807) is 4.57 Å². The molecule has 1 saturated heterocycles. The molecule has 0 aromatic carbocycles. The van der Waals surface area contributed by atoms with Crippen LogP contribution in [0.15, 0.2) is 11.1 Å². The molecule has 2 aromatic heterocycles. The lowest BCUT2D eigenvalue weighted by molar-refractivity contribution is -0.0432. The van der Waals surface area contributed by atoms with E-state index in [0.717, 1.165) is 0 Å². The minimum Gasteiger partial charge on any atom is -0.492 e. The summed E-state index contributed by atoms with van der Waals surface area (Å²) in [5.41, 5.74) is 0.656. The first kappa shape index (κ1) is 12.7. The van der Waals surface area contributed by atoms with Crippen molar-refractivity contribution in [3.8, 4) is 5.88 Å². The Morgan fingerprint density at radius 3 is 2.95 bits per heavy atom. The molecule has 19 heavy (non-hydrogen) atoms. The number of aliphatic hydroxyl groups excluding tert-OH is 2. The van der Waals surface area contributed by atoms with Crippen molar-refractivity contribution < 1.29 is 20.1 Å². The number of nitrogens with zero attached hydrogens (tertiary/aromatic N) is 4. The van der Waals surface area contributed by atoms with Gasteiger partial charge in [-0.15, -0.1) is 0 Å². The van der Waals surface area contributed by atoms with Gasteiger partial charge in [-0.05, 0) is 15.9 Å². The molecular formula is C10H11BrN4O4. The van der Waals surface area contributed by atoms with Crippen molar-refractivity contribution >= 4 is 27.1 Å². The van der Waals surface area contributed by atoms with Crippen LogP contribution in [0, 0.1) is 0 Å². The van der Waals surface area contributed by atoms with Crippen LogP contribution in [0.25, 0.3) is 11.2 Å². The number of aromatic hydroxyl groups is 1. The summed E-state index contributed by atoms with van der Waals surface area (Å²) in [4.78, 5) is 11.9. The van der Waals surface area contributed by atoms with Crippen molar-refractivity contribution in [2.45, 2.75) is 24.9 Å². The fourth-order valence-electron chi connectivity index (χ4n) is 2.14. The van der Waals surface area contributed by atoms with Gasteiger partial charge in [-0.1, -0.05) is 0 Å². The van der Waals surface area contributed by atoms with Gasteiger partial charge >= 0.3 is 0 Å². The highest BCUT2D eigenvalue weighted by Crippen LogP contribution is 2.32. The van der Waals surface area contributed by atoms with Crippen molar-refractivity contribution in [2.75, 3.05) is 6.61 Å². The van der Waals surface area contributed by atoms with Crippen LogP contribution < -0.4 is 0 Å². The van der Waals surface area contributed by atoms with Crippen LogP contribution in [0.2, 0.25) is 0 Å². The summed E-state index contributed by atoms with van der Waals surface area (Å²) in [6, 6.07) is 0. The molecule has 102 valence electrons. The Hall–Kier alpha value is -1.29. The number of aliphatic hydroxyl groups is 2. The second-order valence-corrected chi connectivity index (χ2v) is 4.96. The van der Waals surface area contributed by atoms with Gasteiger partial charge in [0.05, 0.1) is 19.0 Å². The minimum absolute atomic E-state index is 0.229. The van der Waals surface area contributed by atoms with Gasteiger partial charge in [-0.3, -0.25) is 4.57 Å². The van der Waals surface area contributed by atoms with Crippen LogP contribution in [0.1, 0.15) is 12.6 Å². The van der Waals surface area contributed by atoms with E-state index < -0.39 is 18.4 Å². The standard InChI is InChI=1S/C10H11BrN4O4/c11-10-13-8-7(9(18)14-10)12-3-15(8)6-1-4(17)5(2-16)19-6/h3-6,16-17H,1-2H2,(H,13,14,18)/t4-,5+,6-/m1/s1. The molecule has 1 fully saturated rings. The molecule has 9 heteroatoms. The zero-order valence-electron chi connectivity index (χ0n) is 9.64. The maximum absolute atomic E-state index is 9.73. The summed E-state index contributed by atoms with van der Waals surface area (Å²) in [6.07, 6.45) is -0.0761. The SMILES string of the molecule is OC[C@@H]1O[C@@H](n2cnc3c(O)nc(Br)nc32)C[C@H]1O. The number of fused-ring (bicyclic) bond motifs is 1. The molecule has 3 rings (SSSR count). The van der Waals surface area contributed by atoms with Gasteiger partial charge < -0.3 is 20.1 Å². The first-order valence-corrected chi connectivity index (χ1v) is 6.43. The topological polar surface area (TPSA) is 114 Å². The van der Waals surface area contributed by atoms with E-state index >= 15 is 0 Å². The van der Waals surface area contributed by atoms with Crippen molar-refractivity contribution in [2.24, 2.45) is 0 Å². The quantitative estimate of drug-likeness (QED) is 0.660. The lowest BCUT2D eigenvalue weighted by Crippen LogP contribution is -2.24. The van der Waals surface area contributed by atoms with Crippen molar-refractivity contribution in [1.29, 1.82) is 0 Å². The van der Waals surface area contributed by atoms with E-state index in [9.17, 15) is 10.2 Å². The van der Waals surface area contributed by atoms with Crippen molar-refractivity contribution in [3.63, 3.8) is 0 Å². The van der Waals surface area contributed by atoms with E-state index in [4.69, 9.17) is 9.84 Å². The van der Waals surface area contributed by atoms with E-state index in [-0.39, 0.29) is 22.7 Å². The number of halogens is 1. The van der Waals surface area contributed by atoms with Crippen LogP contribution in [0.5, 0.6) is 5.88 Å². The molecule has 3 heterocycles. The highest BCUT2D eigenvalue weighted by molar-refractivity contribution is 9.10. The first-order chi connectivity index (χ1) is 9.10. The predicted octanol–water partition coefficient (Wildman–Crippen LogP) is -0.0649. The lowest BCUT2D eigenvalue weighted by atomic mass is 10.2. The van der Waals surface area contributed by atoms with Gasteiger partial charge in [0.1, 0.15) is 12.3 Å². The predicted molar refractivity (Wildman–Crippen MR) is 66.3 cm³/mol. The summed E-state index contributed by atoms with van der Waals surface area (Å²) >= 11 is 3.09. The number of hydrogen-bond acceptors (Lipinski definition) is 7. The Morgan fingerprint density at radius 2 is 2.26 bits per heavy atom. The van der Waals surface area contributed by atoms with Crippen LogP contribution in [-0.2, 0) is 4.74 Å². The average Bonchev–Trinajstić information content (AvgIpc) is 2.92. The van der Waals surface area contributed by atoms with E-state index in [2.05, 4.69) is 30.9 Å². The fraction of sp³-hybridized carbons (Fsp3) is 0.500. The summed E-state index contributed by atoms with van der Waals surface area (Å²) in [6.45, 7) is -0.256. The maximum atomic E-state index is 9.73. The third-order valence-corrected chi connectivity index (χ3v) is 3.42. The van der Waals surface area contributed by atoms with Gasteiger partial charge in [0, 0.05) is 6.42 Å². The van der Waals surface area contributed by atoms with Crippen LogP contribution in [-0.4, -0.2) is 53.7 Å². The summed E-state index contributed by atoms with van der Waals surface area (Å²) in [7, 11) is 0. The molecule has 0 saturated carbocycles. The molecule has 2 aromatic rings. The van der Waals surface area contributed by atoms with Gasteiger partial charge in [0.2, 0.25) is 10.6 Å². The molecule has 0 amide bonds. The molecular weight excluding hydrogens is 320 g/mol. The Balaban J connectivity index is 2.02. The average molecular weight is 331 g/mol. The van der Waals surface area contributed by atoms with Gasteiger partial charge in [-0.2, -0.15) is 4.98 Å². The van der Waals surface area contributed by atoms with E-state index in [1.165, 1.54) is 6.33 Å². The lowest BCUT2D eigenvalue weighted by Gasteiger charge is -2.13. The largest absolute Gasteiger partial charge is 0.492 e. The van der Waals surface area contributed by atoms with Crippen LogP contribution in [0.3, 0.4) is 0 Å². The van der Waals surface area contributed by atoms with Crippen LogP contribution in [0.4, 0.5) is 0 Å². The second kappa shape index (κ2) is 4.67. The number of aromatic nitrogens is 4. The summed E-state index contributed by atoms with van der Waals surface area (Å²) in [5.74, 6) is -0.229. The summed E-state index contributed by atoms with van der Waals surface area (Å²) < 4.78 is 7.35. The van der Waals surface area contributed by atoms with Gasteiger partial charge in [-0.25, -0.2) is 9.97 Å². The third-order valence-electron chi connectivity index (χ3n) is 3.07. The van der Waals surface area contributed by atoms with Gasteiger partial charge in [0.15, 0.2) is 11.2 Å². The van der Waals surface area contributed by atoms with E-state index in [1.807, 2.05) is 0 Å². The monoisotopic (exact) mass is 330 g/mol. The van der Waals surface area contributed by atoms with Crippen molar-refractivity contribution in [1.82, 2.24) is 19.5 Å². The molecule has 1 aliphatic heterocycles. The zero-order chi connectivity index (χ0) is 13.6. The molecule has 1 aliphatic rings. The number of rotatable bonds is 2. The van der Waals surface area contributed by atoms with E-state index in [0.29, 0.717) is 12.1 Å². The maximum Gasteiger partial charge on any atom is 0.243 e. The number of hydrogen-bond donors (Lipinski definition) is 3. The Morgan fingerprint density at radius 1 is 1.47 bits per heavy atom. The molecule has 0 aliphatic carbocycles. The molecule has 0 bridgehead atoms. The Labute approximate surface area is 115 Å². The number of imidazole rings is 1. The Kier molecular flexibility index (Phi) is 3.13. The highest BCUT2D eigenvalue weighted by atomic mass is 79.9. The molecule has 0 spiro atoms. The zero-order valence-corrected chi connectivity index (χ0v) is 11.2. The molecule has 8 nitrogen and oxygen atoms in total. The molecule has 0 radical (unpaired) electrons. The van der Waals surface area contributed by atoms with Crippen LogP contribution >= 0.6 is 15.9 Å². The molecule has 3 atom stereocenters. The Bertz CT molecular complexity index is 619. The fourth-order valence-corrected chi connectivity index (χ4v) is 2.47. The number of ether oxygens (including phenoxy) is 1.